The minimum Gasteiger partial charge on any atom is -0.362 e. The van der Waals surface area contributed by atoms with Gasteiger partial charge in [0.15, 0.2) is 0 Å². The lowest BCUT2D eigenvalue weighted by Crippen LogP contribution is -2.27. The lowest BCUT2D eigenvalue weighted by molar-refractivity contribution is 0.479. The van der Waals surface area contributed by atoms with E-state index in [2.05, 4.69) is 11.9 Å². The van der Waals surface area contributed by atoms with Crippen LogP contribution in [-0.2, 0) is 0 Å². The average Bonchev–Trinajstić information content (AvgIpc) is 2.14. The maximum absolute atomic E-state index is 8.47. The second-order valence-corrected chi connectivity index (χ2v) is 2.74. The maximum atomic E-state index is 8.47. The second kappa shape index (κ2) is 7.12. The molecule has 13 heavy (non-hydrogen) atoms. The monoisotopic (exact) mass is 178 g/mol. The molecule has 70 valence electrons. The van der Waals surface area contributed by atoms with Gasteiger partial charge in [0.1, 0.15) is 5.84 Å². The summed E-state index contributed by atoms with van der Waals surface area (Å²) in [5, 5.41) is 16.8. The molecule has 0 amide bonds. The van der Waals surface area contributed by atoms with Crippen molar-refractivity contribution in [3.8, 4) is 12.3 Å². The highest BCUT2D eigenvalue weighted by atomic mass is 15.2. The second-order valence-electron chi connectivity index (χ2n) is 2.74. The molecule has 0 bridgehead atoms. The fourth-order valence-electron chi connectivity index (χ4n) is 0.913. The Labute approximate surface area is 79.1 Å². The zero-order chi connectivity index (χ0) is 10.1. The summed E-state index contributed by atoms with van der Waals surface area (Å²) < 4.78 is 0. The van der Waals surface area contributed by atoms with E-state index in [4.69, 9.17) is 10.5 Å². The topological polar surface area (TPSA) is 63.2 Å². The van der Waals surface area contributed by atoms with Crippen molar-refractivity contribution in [1.29, 1.82) is 10.5 Å². The molecule has 0 aliphatic rings. The van der Waals surface area contributed by atoms with Gasteiger partial charge >= 0.3 is 0 Å². The molecule has 0 N–H and O–H groups in total. The summed E-state index contributed by atoms with van der Waals surface area (Å²) in [6.45, 7) is 2.94. The van der Waals surface area contributed by atoms with Crippen LogP contribution in [0.15, 0.2) is 4.99 Å². The smallest absolute Gasteiger partial charge is 0.207 e. The van der Waals surface area contributed by atoms with E-state index in [1.165, 1.54) is 0 Å². The molecule has 0 unspecified atom stereocenters. The van der Waals surface area contributed by atoms with E-state index in [9.17, 15) is 0 Å². The molecule has 0 rings (SSSR count). The normalized spacial score (nSPS) is 10.3. The molecule has 4 nitrogen and oxygen atoms in total. The summed E-state index contributed by atoms with van der Waals surface area (Å²) in [4.78, 5) is 5.45. The van der Waals surface area contributed by atoms with Gasteiger partial charge in [-0.2, -0.15) is 15.5 Å². The first-order valence-corrected chi connectivity index (χ1v) is 4.30. The molecule has 0 heterocycles. The Kier molecular flexibility index (Phi) is 6.27. The minimum atomic E-state index is 0.202. The van der Waals surface area contributed by atoms with Gasteiger partial charge in [-0.25, -0.2) is 0 Å². The van der Waals surface area contributed by atoms with Crippen molar-refractivity contribution in [2.75, 3.05) is 13.6 Å². The number of rotatable bonds is 4. The Morgan fingerprint density at radius 2 is 2.15 bits per heavy atom. The van der Waals surface area contributed by atoms with Crippen LogP contribution < -0.4 is 0 Å². The summed E-state index contributed by atoms with van der Waals surface area (Å²) >= 11 is 0. The molecule has 0 radical (unpaired) electrons. The predicted octanol–water partition coefficient (Wildman–Crippen LogP) is 1.51. The lowest BCUT2D eigenvalue weighted by Gasteiger charge is -2.17. The number of aliphatic imine (C=N–C) groups is 1. The molecule has 0 aliphatic carbocycles. The molecule has 0 aromatic heterocycles. The first-order chi connectivity index (χ1) is 6.26. The highest BCUT2D eigenvalue weighted by molar-refractivity contribution is 5.84. The summed E-state index contributed by atoms with van der Waals surface area (Å²) in [5.74, 6) is 0.554. The average molecular weight is 178 g/mol. The summed E-state index contributed by atoms with van der Waals surface area (Å²) in [7, 11) is 1.85. The predicted molar refractivity (Wildman–Crippen MR) is 50.8 cm³/mol. The molecule has 0 aromatic rings. The first kappa shape index (κ1) is 11.4. The van der Waals surface area contributed by atoms with Gasteiger partial charge in [-0.05, 0) is 6.42 Å². The Balaban J connectivity index is 4.15. The van der Waals surface area contributed by atoms with Crippen LogP contribution >= 0.6 is 0 Å². The highest BCUT2D eigenvalue weighted by Gasteiger charge is 2.04. The van der Waals surface area contributed by atoms with Crippen molar-refractivity contribution in [3.63, 3.8) is 0 Å². The van der Waals surface area contributed by atoms with E-state index in [1.807, 2.05) is 18.0 Å². The minimum absolute atomic E-state index is 0.202. The molecule has 0 aliphatic heterocycles. The van der Waals surface area contributed by atoms with Crippen molar-refractivity contribution in [2.24, 2.45) is 4.99 Å². The van der Waals surface area contributed by atoms with Crippen LogP contribution in [0.2, 0.25) is 0 Å². The largest absolute Gasteiger partial charge is 0.362 e. The third-order valence-electron chi connectivity index (χ3n) is 1.70. The zero-order valence-corrected chi connectivity index (χ0v) is 8.12. The molecule has 0 aromatic carbocycles. The van der Waals surface area contributed by atoms with Gasteiger partial charge in [0.25, 0.3) is 0 Å². The Morgan fingerprint density at radius 1 is 1.46 bits per heavy atom. The van der Waals surface area contributed by atoms with Gasteiger partial charge < -0.3 is 4.90 Å². The summed E-state index contributed by atoms with van der Waals surface area (Å²) in [6, 6.07) is 1.99. The van der Waals surface area contributed by atoms with Gasteiger partial charge in [0, 0.05) is 13.6 Å². The molecule has 0 atom stereocenters. The maximum Gasteiger partial charge on any atom is 0.207 e. The number of nitrogens with zero attached hydrogens (tertiary/aromatic N) is 4. The number of nitriles is 2. The number of hydrogen-bond donors (Lipinski definition) is 0. The van der Waals surface area contributed by atoms with Crippen molar-refractivity contribution in [2.45, 2.75) is 26.2 Å². The fourth-order valence-corrected chi connectivity index (χ4v) is 0.913. The van der Waals surface area contributed by atoms with E-state index in [1.54, 1.807) is 6.19 Å². The molecule has 0 saturated carbocycles. The van der Waals surface area contributed by atoms with Gasteiger partial charge in [0.05, 0.1) is 12.5 Å². The highest BCUT2D eigenvalue weighted by Crippen LogP contribution is 1.97. The summed E-state index contributed by atoms with van der Waals surface area (Å²) in [5.41, 5.74) is 0. The van der Waals surface area contributed by atoms with Gasteiger partial charge in [-0.15, -0.1) is 0 Å². The molecule has 0 spiro atoms. The standard InChI is InChI=1S/C9H14N4/c1-3-4-7-13(2)9(5-6-10)12-8-11/h3-5,7H2,1-2H3/b12-9+. The zero-order valence-electron chi connectivity index (χ0n) is 8.12. The van der Waals surface area contributed by atoms with Crippen LogP contribution in [0, 0.1) is 22.8 Å². The van der Waals surface area contributed by atoms with Crippen molar-refractivity contribution in [1.82, 2.24) is 4.90 Å². The molecule has 0 saturated heterocycles. The SMILES string of the molecule is CCCCN(C)/C(CC#N)=N/C#N. The van der Waals surface area contributed by atoms with Crippen LogP contribution in [-0.4, -0.2) is 24.3 Å². The molecular weight excluding hydrogens is 164 g/mol. The molecule has 4 heteroatoms. The Morgan fingerprint density at radius 3 is 2.62 bits per heavy atom. The number of hydrogen-bond acceptors (Lipinski definition) is 3. The third kappa shape index (κ3) is 4.81. The van der Waals surface area contributed by atoms with E-state index in [0.717, 1.165) is 19.4 Å². The van der Waals surface area contributed by atoms with Crippen LogP contribution in [0.1, 0.15) is 26.2 Å². The van der Waals surface area contributed by atoms with Gasteiger partial charge in [-0.1, -0.05) is 13.3 Å². The van der Waals surface area contributed by atoms with Gasteiger partial charge in [-0.3, -0.25) is 0 Å². The van der Waals surface area contributed by atoms with Crippen LogP contribution in [0.25, 0.3) is 0 Å². The van der Waals surface area contributed by atoms with Crippen molar-refractivity contribution in [3.05, 3.63) is 0 Å². The Bertz CT molecular complexity index is 243. The van der Waals surface area contributed by atoms with Crippen LogP contribution in [0.3, 0.4) is 0 Å². The van der Waals surface area contributed by atoms with Gasteiger partial charge in [0.2, 0.25) is 6.19 Å². The van der Waals surface area contributed by atoms with Crippen LogP contribution in [0.5, 0.6) is 0 Å². The van der Waals surface area contributed by atoms with Crippen molar-refractivity contribution < 1.29 is 0 Å². The summed E-state index contributed by atoms with van der Waals surface area (Å²) in [6.07, 6.45) is 4.05. The van der Waals surface area contributed by atoms with E-state index < -0.39 is 0 Å². The third-order valence-corrected chi connectivity index (χ3v) is 1.70. The van der Waals surface area contributed by atoms with E-state index in [-0.39, 0.29) is 6.42 Å². The number of unbranched alkanes of at least 4 members (excludes halogenated alkanes) is 1. The fraction of sp³-hybridized carbons (Fsp3) is 0.667. The van der Waals surface area contributed by atoms with E-state index in [0.29, 0.717) is 5.84 Å². The van der Waals surface area contributed by atoms with Crippen molar-refractivity contribution >= 4 is 5.84 Å². The quantitative estimate of drug-likeness (QED) is 0.372. The molecule has 0 fully saturated rings. The first-order valence-electron chi connectivity index (χ1n) is 4.30. The molecular formula is C9H14N4. The lowest BCUT2D eigenvalue weighted by atomic mass is 10.3. The number of amidine groups is 1. The van der Waals surface area contributed by atoms with Crippen LogP contribution in [0.4, 0.5) is 0 Å². The van der Waals surface area contributed by atoms with E-state index >= 15 is 0 Å². The Hall–Kier alpha value is -1.55.